The first-order chi connectivity index (χ1) is 14.5. The Labute approximate surface area is 180 Å². The molecule has 1 saturated heterocycles. The Morgan fingerprint density at radius 3 is 2.37 bits per heavy atom. The average Bonchev–Trinajstić information content (AvgIpc) is 2.75. The van der Waals surface area contributed by atoms with Crippen molar-refractivity contribution in [3.8, 4) is 5.75 Å². The van der Waals surface area contributed by atoms with Crippen LogP contribution in [0.15, 0.2) is 48.5 Å². The van der Waals surface area contributed by atoms with Crippen LogP contribution in [-0.4, -0.2) is 47.9 Å². The molecule has 2 N–H and O–H groups in total. The van der Waals surface area contributed by atoms with Crippen LogP contribution in [0.5, 0.6) is 5.75 Å². The van der Waals surface area contributed by atoms with Gasteiger partial charge in [-0.3, -0.25) is 0 Å². The molecule has 2 aromatic rings. The van der Waals surface area contributed by atoms with E-state index >= 15 is 0 Å². The quantitative estimate of drug-likeness (QED) is 0.581. The molecule has 0 amide bonds. The van der Waals surface area contributed by atoms with Crippen LogP contribution in [0.2, 0.25) is 0 Å². The second kappa shape index (κ2) is 10.5. The standard InChI is InChI=1S/C25H33N3O2/c1-20(2)30-24-10-8-23(9-11-24)27-16-13-25(29)14-18-28(19-15-25)17-12-21-4-6-22(26-3)7-5-21/h4-11,20,27,29H,12-19H2,1-2H3. The maximum Gasteiger partial charge on any atom is 0.187 e. The molecule has 30 heavy (non-hydrogen) atoms. The van der Waals surface area contributed by atoms with E-state index in [0.717, 1.165) is 63.3 Å². The number of anilines is 1. The zero-order valence-corrected chi connectivity index (χ0v) is 18.1. The van der Waals surface area contributed by atoms with Crippen LogP contribution in [0.4, 0.5) is 11.4 Å². The second-order valence-electron chi connectivity index (χ2n) is 8.46. The van der Waals surface area contributed by atoms with E-state index in [2.05, 4.69) is 15.1 Å². The van der Waals surface area contributed by atoms with E-state index in [1.54, 1.807) is 0 Å². The highest BCUT2D eigenvalue weighted by molar-refractivity contribution is 5.46. The lowest BCUT2D eigenvalue weighted by Crippen LogP contribution is -2.45. The molecule has 2 aromatic carbocycles. The predicted octanol–water partition coefficient (Wildman–Crippen LogP) is 4.90. The second-order valence-corrected chi connectivity index (χ2v) is 8.46. The highest BCUT2D eigenvalue weighted by Crippen LogP contribution is 2.26. The molecule has 160 valence electrons. The number of rotatable bonds is 9. The Morgan fingerprint density at radius 2 is 1.77 bits per heavy atom. The zero-order valence-electron chi connectivity index (χ0n) is 18.1. The number of hydrogen-bond acceptors (Lipinski definition) is 4. The van der Waals surface area contributed by atoms with Crippen molar-refractivity contribution in [2.45, 2.75) is 51.2 Å². The number of benzene rings is 2. The van der Waals surface area contributed by atoms with Gasteiger partial charge in [-0.2, -0.15) is 0 Å². The molecule has 1 fully saturated rings. The van der Waals surface area contributed by atoms with Gasteiger partial charge in [0.1, 0.15) is 5.75 Å². The van der Waals surface area contributed by atoms with Crippen LogP contribution in [-0.2, 0) is 6.42 Å². The normalized spacial score (nSPS) is 16.2. The molecule has 0 bridgehead atoms. The van der Waals surface area contributed by atoms with Gasteiger partial charge in [0.15, 0.2) is 5.69 Å². The minimum atomic E-state index is -0.582. The molecule has 3 rings (SSSR count). The van der Waals surface area contributed by atoms with Crippen LogP contribution in [0.25, 0.3) is 4.85 Å². The molecule has 5 heteroatoms. The third-order valence-electron chi connectivity index (χ3n) is 5.71. The van der Waals surface area contributed by atoms with Crippen molar-refractivity contribution in [2.24, 2.45) is 0 Å². The Hall–Kier alpha value is -2.55. The van der Waals surface area contributed by atoms with E-state index < -0.39 is 5.60 Å². The molecule has 0 unspecified atom stereocenters. The summed E-state index contributed by atoms with van der Waals surface area (Å²) in [4.78, 5) is 5.87. The lowest BCUT2D eigenvalue weighted by atomic mass is 9.88. The molecule has 5 nitrogen and oxygen atoms in total. The van der Waals surface area contributed by atoms with E-state index in [-0.39, 0.29) is 6.10 Å². The van der Waals surface area contributed by atoms with Crippen molar-refractivity contribution < 1.29 is 9.84 Å². The van der Waals surface area contributed by atoms with Crippen LogP contribution < -0.4 is 10.1 Å². The number of nitrogens with zero attached hydrogens (tertiary/aromatic N) is 2. The summed E-state index contributed by atoms with van der Waals surface area (Å²) in [7, 11) is 0. The van der Waals surface area contributed by atoms with Crippen molar-refractivity contribution in [1.29, 1.82) is 0 Å². The molecule has 0 spiro atoms. The molecule has 0 saturated carbocycles. The monoisotopic (exact) mass is 407 g/mol. The highest BCUT2D eigenvalue weighted by atomic mass is 16.5. The van der Waals surface area contributed by atoms with Crippen LogP contribution >= 0.6 is 0 Å². The maximum atomic E-state index is 10.9. The van der Waals surface area contributed by atoms with E-state index in [9.17, 15) is 5.11 Å². The fourth-order valence-corrected chi connectivity index (χ4v) is 3.83. The molecular weight excluding hydrogens is 374 g/mol. The molecule has 0 radical (unpaired) electrons. The van der Waals surface area contributed by atoms with Crippen LogP contribution in [0, 0.1) is 6.57 Å². The first-order valence-corrected chi connectivity index (χ1v) is 10.9. The van der Waals surface area contributed by atoms with Crippen molar-refractivity contribution in [2.75, 3.05) is 31.5 Å². The van der Waals surface area contributed by atoms with E-state index in [1.165, 1.54) is 5.56 Å². The van der Waals surface area contributed by atoms with Gasteiger partial charge < -0.3 is 20.1 Å². The van der Waals surface area contributed by atoms with E-state index in [4.69, 9.17) is 11.3 Å². The number of hydrogen-bond donors (Lipinski definition) is 2. The number of likely N-dealkylation sites (tertiary alicyclic amines) is 1. The van der Waals surface area contributed by atoms with Crippen LogP contribution in [0.1, 0.15) is 38.7 Å². The first-order valence-electron chi connectivity index (χ1n) is 10.9. The largest absolute Gasteiger partial charge is 0.491 e. The fourth-order valence-electron chi connectivity index (χ4n) is 3.83. The summed E-state index contributed by atoms with van der Waals surface area (Å²) < 4.78 is 5.67. The molecule has 0 aliphatic carbocycles. The number of ether oxygens (including phenoxy) is 1. The average molecular weight is 408 g/mol. The summed E-state index contributed by atoms with van der Waals surface area (Å²) in [5.41, 5.74) is 2.42. The third-order valence-corrected chi connectivity index (χ3v) is 5.71. The Bertz CT molecular complexity index is 817. The van der Waals surface area contributed by atoms with Gasteiger partial charge in [0, 0.05) is 31.9 Å². The lowest BCUT2D eigenvalue weighted by molar-refractivity contribution is -0.0245. The van der Waals surface area contributed by atoms with Gasteiger partial charge in [-0.15, -0.1) is 0 Å². The Balaban J connectivity index is 1.36. The predicted molar refractivity (Wildman–Crippen MR) is 122 cm³/mol. The Morgan fingerprint density at radius 1 is 1.10 bits per heavy atom. The maximum absolute atomic E-state index is 10.9. The molecule has 0 aromatic heterocycles. The third kappa shape index (κ3) is 6.76. The topological polar surface area (TPSA) is 49.1 Å². The summed E-state index contributed by atoms with van der Waals surface area (Å²) >= 11 is 0. The molecule has 1 aliphatic rings. The van der Waals surface area contributed by atoms with Gasteiger partial charge in [0.05, 0.1) is 18.3 Å². The molecule has 1 heterocycles. The SMILES string of the molecule is [C-]#[N+]c1ccc(CCN2CCC(O)(CCNc3ccc(OC(C)C)cc3)CC2)cc1. The minimum Gasteiger partial charge on any atom is -0.491 e. The van der Waals surface area contributed by atoms with E-state index in [0.29, 0.717) is 5.69 Å². The van der Waals surface area contributed by atoms with Crippen molar-refractivity contribution in [1.82, 2.24) is 4.90 Å². The molecule has 1 aliphatic heterocycles. The number of nitrogens with one attached hydrogen (secondary N) is 1. The summed E-state index contributed by atoms with van der Waals surface area (Å²) in [5.74, 6) is 0.879. The van der Waals surface area contributed by atoms with Crippen molar-refractivity contribution in [3.05, 3.63) is 65.5 Å². The molecule has 0 atom stereocenters. The summed E-state index contributed by atoms with van der Waals surface area (Å²) in [6.45, 7) is 14.7. The number of piperidine rings is 1. The number of aliphatic hydroxyl groups is 1. The van der Waals surface area contributed by atoms with Gasteiger partial charge in [-0.05, 0) is 69.4 Å². The smallest absolute Gasteiger partial charge is 0.187 e. The minimum absolute atomic E-state index is 0.175. The first kappa shape index (κ1) is 22.1. The Kier molecular flexibility index (Phi) is 7.73. The van der Waals surface area contributed by atoms with Gasteiger partial charge in [-0.1, -0.05) is 24.3 Å². The highest BCUT2D eigenvalue weighted by Gasteiger charge is 2.31. The van der Waals surface area contributed by atoms with Crippen molar-refractivity contribution in [3.63, 3.8) is 0 Å². The van der Waals surface area contributed by atoms with Gasteiger partial charge in [-0.25, -0.2) is 4.85 Å². The summed E-state index contributed by atoms with van der Waals surface area (Å²) in [6.07, 6.45) is 3.53. The van der Waals surface area contributed by atoms with Crippen LogP contribution in [0.3, 0.4) is 0 Å². The molecular formula is C25H33N3O2. The zero-order chi connectivity index (χ0) is 21.4. The van der Waals surface area contributed by atoms with Gasteiger partial charge in [0.2, 0.25) is 0 Å². The van der Waals surface area contributed by atoms with Gasteiger partial charge >= 0.3 is 0 Å². The summed E-state index contributed by atoms with van der Waals surface area (Å²) in [6, 6.07) is 15.9. The lowest BCUT2D eigenvalue weighted by Gasteiger charge is -2.38. The van der Waals surface area contributed by atoms with Crippen molar-refractivity contribution >= 4 is 11.4 Å². The summed E-state index contributed by atoms with van der Waals surface area (Å²) in [5, 5.41) is 14.4. The fraction of sp³-hybridized carbons (Fsp3) is 0.480. The van der Waals surface area contributed by atoms with Gasteiger partial charge in [0.25, 0.3) is 0 Å². The van der Waals surface area contributed by atoms with E-state index in [1.807, 2.05) is 62.4 Å².